The highest BCUT2D eigenvalue weighted by molar-refractivity contribution is 7.93. The Labute approximate surface area is 241 Å². The van der Waals surface area contributed by atoms with Crippen LogP contribution in [0.25, 0.3) is 11.3 Å². The first-order valence-corrected chi connectivity index (χ1v) is 16.7. The number of aromatic nitrogens is 2. The molecule has 1 atom stereocenters. The molecule has 41 heavy (non-hydrogen) atoms. The molecule has 2 aliphatic rings. The number of sulfonamides is 1. The Morgan fingerprint density at radius 3 is 2.27 bits per heavy atom. The van der Waals surface area contributed by atoms with E-state index in [0.29, 0.717) is 12.1 Å². The molecule has 0 aliphatic carbocycles. The second kappa shape index (κ2) is 10.4. The number of benzene rings is 2. The summed E-state index contributed by atoms with van der Waals surface area (Å²) in [7, 11) is -7.45. The van der Waals surface area contributed by atoms with Crippen molar-refractivity contribution < 1.29 is 26.4 Å². The average Bonchev–Trinajstić information content (AvgIpc) is 2.84. The Bertz CT molecular complexity index is 1700. The Morgan fingerprint density at radius 2 is 1.63 bits per heavy atom. The lowest BCUT2D eigenvalue weighted by atomic mass is 9.87. The van der Waals surface area contributed by atoms with Crippen molar-refractivity contribution in [2.75, 3.05) is 22.8 Å². The molecule has 1 fully saturated rings. The quantitative estimate of drug-likeness (QED) is 0.478. The summed E-state index contributed by atoms with van der Waals surface area (Å²) in [5.74, 6) is -0.798. The van der Waals surface area contributed by atoms with E-state index in [2.05, 4.69) is 14.7 Å². The molecule has 1 unspecified atom stereocenters. The van der Waals surface area contributed by atoms with Gasteiger partial charge in [-0.3, -0.25) is 4.79 Å². The zero-order valence-electron chi connectivity index (χ0n) is 23.7. The highest BCUT2D eigenvalue weighted by Crippen LogP contribution is 2.33. The number of amides is 1. The van der Waals surface area contributed by atoms with Gasteiger partial charge in [-0.2, -0.15) is 4.98 Å². The smallest absolute Gasteiger partial charge is 0.264 e. The van der Waals surface area contributed by atoms with E-state index < -0.39 is 37.9 Å². The summed E-state index contributed by atoms with van der Waals surface area (Å²) in [5, 5.41) is 0. The van der Waals surface area contributed by atoms with Gasteiger partial charge in [-0.15, -0.1) is 0 Å². The first-order chi connectivity index (χ1) is 19.1. The largest absolute Gasteiger partial charge is 0.475 e. The van der Waals surface area contributed by atoms with Crippen molar-refractivity contribution in [3.63, 3.8) is 0 Å². The summed E-state index contributed by atoms with van der Waals surface area (Å²) < 4.78 is 59.9. The molecule has 12 heteroatoms. The number of fused-ring (bicyclic) bond motifs is 4. The molecule has 2 aliphatic heterocycles. The second-order valence-electron chi connectivity index (χ2n) is 12.0. The Kier molecular flexibility index (Phi) is 7.35. The average molecular weight is 599 g/mol. The molecule has 1 saturated heterocycles. The molecule has 3 aromatic rings. The fourth-order valence-corrected chi connectivity index (χ4v) is 7.85. The van der Waals surface area contributed by atoms with E-state index >= 15 is 0 Å². The van der Waals surface area contributed by atoms with Gasteiger partial charge in [0, 0.05) is 17.2 Å². The van der Waals surface area contributed by atoms with Gasteiger partial charge in [-0.05, 0) is 55.0 Å². The molecular weight excluding hydrogens is 564 g/mol. The maximum absolute atomic E-state index is 14.0. The van der Waals surface area contributed by atoms with Crippen LogP contribution in [0.15, 0.2) is 53.4 Å². The van der Waals surface area contributed by atoms with Gasteiger partial charge in [0.1, 0.15) is 6.61 Å². The number of nitrogens with zero attached hydrogens (tertiary/aromatic N) is 3. The van der Waals surface area contributed by atoms with Crippen molar-refractivity contribution in [1.82, 2.24) is 14.9 Å². The van der Waals surface area contributed by atoms with Gasteiger partial charge in [0.05, 0.1) is 34.2 Å². The number of carbonyl (C=O) groups excluding carboxylic acids is 1. The molecule has 0 radical (unpaired) electrons. The van der Waals surface area contributed by atoms with E-state index in [4.69, 9.17) is 4.74 Å². The van der Waals surface area contributed by atoms with E-state index in [1.54, 1.807) is 11.0 Å². The van der Waals surface area contributed by atoms with Crippen molar-refractivity contribution in [3.05, 3.63) is 65.2 Å². The third kappa shape index (κ3) is 6.23. The van der Waals surface area contributed by atoms with E-state index in [1.807, 2.05) is 52.8 Å². The fraction of sp³-hybridized carbons (Fsp3) is 0.414. The molecule has 0 spiro atoms. The van der Waals surface area contributed by atoms with Crippen LogP contribution < -0.4 is 9.46 Å². The number of rotatable bonds is 3. The van der Waals surface area contributed by atoms with Crippen LogP contribution in [0, 0.1) is 19.3 Å². The van der Waals surface area contributed by atoms with Gasteiger partial charge in [0.2, 0.25) is 11.8 Å². The number of hydrogen-bond donors (Lipinski definition) is 1. The summed E-state index contributed by atoms with van der Waals surface area (Å²) in [6.45, 7) is 10.0. The molecule has 3 heterocycles. The normalized spacial score (nSPS) is 20.5. The van der Waals surface area contributed by atoms with Gasteiger partial charge >= 0.3 is 0 Å². The molecule has 1 amide bonds. The number of ether oxygens (including phenoxy) is 1. The summed E-state index contributed by atoms with van der Waals surface area (Å²) in [6, 6.07) is 12.1. The minimum Gasteiger partial charge on any atom is -0.475 e. The topological polar surface area (TPSA) is 136 Å². The first-order valence-electron chi connectivity index (χ1n) is 13.4. The highest BCUT2D eigenvalue weighted by Gasteiger charge is 2.44. The van der Waals surface area contributed by atoms with Gasteiger partial charge in [0.15, 0.2) is 9.84 Å². The van der Waals surface area contributed by atoms with Crippen LogP contribution in [-0.2, 0) is 19.9 Å². The summed E-state index contributed by atoms with van der Waals surface area (Å²) in [6.07, 6.45) is 0.507. The third-order valence-corrected chi connectivity index (χ3v) is 10.4. The van der Waals surface area contributed by atoms with Gasteiger partial charge in [-0.1, -0.05) is 45.0 Å². The summed E-state index contributed by atoms with van der Waals surface area (Å²) >= 11 is 0. The monoisotopic (exact) mass is 598 g/mol. The van der Waals surface area contributed by atoms with Crippen LogP contribution in [0.3, 0.4) is 0 Å². The lowest BCUT2D eigenvalue weighted by Gasteiger charge is -2.43. The van der Waals surface area contributed by atoms with Crippen LogP contribution in [0.4, 0.5) is 5.95 Å². The first kappa shape index (κ1) is 29.0. The number of nitrogens with one attached hydrogen (secondary N) is 1. The minimum atomic E-state index is -4.19. The van der Waals surface area contributed by atoms with E-state index in [9.17, 15) is 21.6 Å². The molecule has 0 saturated carbocycles. The number of anilines is 1. The molecule has 218 valence electrons. The lowest BCUT2D eigenvalue weighted by molar-refractivity contribution is 0.0434. The SMILES string of the molecule is Cc1cccc(C)c1-c1cc2nc(n1)NS(=O)(=O)c1cccc(c1)C(=O)N(C1CS(=O)(=O)C1)C(CC(C)(C)C)CO2. The molecule has 2 aromatic carbocycles. The zero-order chi connectivity index (χ0) is 29.7. The van der Waals surface area contributed by atoms with Gasteiger partial charge in [-0.25, -0.2) is 26.5 Å². The molecule has 1 aromatic heterocycles. The van der Waals surface area contributed by atoms with Crippen molar-refractivity contribution in [3.8, 4) is 17.1 Å². The van der Waals surface area contributed by atoms with E-state index in [-0.39, 0.29) is 45.8 Å². The van der Waals surface area contributed by atoms with Gasteiger partial charge in [0.25, 0.3) is 15.9 Å². The summed E-state index contributed by atoms with van der Waals surface area (Å²) in [4.78, 5) is 24.3. The highest BCUT2D eigenvalue weighted by atomic mass is 32.2. The maximum Gasteiger partial charge on any atom is 0.264 e. The van der Waals surface area contributed by atoms with Crippen molar-refractivity contribution in [2.45, 2.75) is 58.0 Å². The van der Waals surface area contributed by atoms with Crippen molar-refractivity contribution in [1.29, 1.82) is 0 Å². The Hall–Kier alpha value is -3.51. The van der Waals surface area contributed by atoms with E-state index in [0.717, 1.165) is 16.7 Å². The Morgan fingerprint density at radius 1 is 0.976 bits per heavy atom. The Balaban J connectivity index is 1.68. The second-order valence-corrected chi connectivity index (χ2v) is 15.8. The van der Waals surface area contributed by atoms with Crippen LogP contribution in [0.1, 0.15) is 48.7 Å². The number of sulfone groups is 1. The molecular formula is C29H34N4O6S2. The fourth-order valence-electron chi connectivity index (χ4n) is 5.47. The van der Waals surface area contributed by atoms with Crippen LogP contribution >= 0.6 is 0 Å². The molecule has 4 bridgehead atoms. The van der Waals surface area contributed by atoms with Crippen LogP contribution in [0.2, 0.25) is 0 Å². The number of carbonyl (C=O) groups is 1. The van der Waals surface area contributed by atoms with Crippen molar-refractivity contribution in [2.24, 2.45) is 5.41 Å². The summed E-state index contributed by atoms with van der Waals surface area (Å²) in [5.41, 5.74) is 3.10. The minimum absolute atomic E-state index is 0.0225. The molecule has 1 N–H and O–H groups in total. The predicted molar refractivity (Wildman–Crippen MR) is 156 cm³/mol. The van der Waals surface area contributed by atoms with Crippen molar-refractivity contribution >= 4 is 31.7 Å². The number of hydrogen-bond acceptors (Lipinski definition) is 8. The lowest BCUT2D eigenvalue weighted by Crippen LogP contribution is -2.60. The third-order valence-electron chi connectivity index (χ3n) is 7.24. The predicted octanol–water partition coefficient (Wildman–Crippen LogP) is 4.00. The number of aryl methyl sites for hydroxylation is 2. The van der Waals surface area contributed by atoms with Crippen LogP contribution in [-0.4, -0.2) is 67.8 Å². The maximum atomic E-state index is 14.0. The zero-order valence-corrected chi connectivity index (χ0v) is 25.3. The van der Waals surface area contributed by atoms with Gasteiger partial charge < -0.3 is 9.64 Å². The molecule has 10 nitrogen and oxygen atoms in total. The standard InChI is InChI=1S/C29H34N4O6S2/c1-18-8-6-9-19(2)26(18)24-13-25-31-28(30-24)32-41(37,38)23-11-7-10-20(12-23)27(34)33(22-16-40(35,36)17-22)21(15-39-25)14-29(3,4)5/h6-13,21-22H,14-17H2,1-5H3,(H,30,31,32). The van der Waals surface area contributed by atoms with E-state index in [1.165, 1.54) is 24.3 Å². The molecule has 5 rings (SSSR count). The van der Waals surface area contributed by atoms with Crippen LogP contribution in [0.5, 0.6) is 5.88 Å².